The lowest BCUT2D eigenvalue weighted by molar-refractivity contribution is -0.142. The summed E-state index contributed by atoms with van der Waals surface area (Å²) < 4.78 is 17.6. The van der Waals surface area contributed by atoms with Gasteiger partial charge in [0.25, 0.3) is 5.91 Å². The number of phenolic OH excluding ortho intramolecular Hbond substituents is 2. The Kier molecular flexibility index (Phi) is 6.85. The number of methoxy groups -OCH3 is 1. The number of aromatic hydroxyl groups is 2. The van der Waals surface area contributed by atoms with Crippen LogP contribution in [0.2, 0.25) is 0 Å². The van der Waals surface area contributed by atoms with E-state index in [0.717, 1.165) is 11.6 Å². The minimum Gasteiger partial charge on any atom is -0.508 e. The Bertz CT molecular complexity index is 761. The molecule has 6 nitrogen and oxygen atoms in total. The number of hydrogen-bond donors (Lipinski definition) is 3. The number of phenols is 2. The van der Waals surface area contributed by atoms with Gasteiger partial charge in [-0.3, -0.25) is 4.79 Å². The van der Waals surface area contributed by atoms with Crippen LogP contribution in [0.15, 0.2) is 42.5 Å². The zero-order valence-electron chi connectivity index (χ0n) is 13.9. The first-order valence-corrected chi connectivity index (χ1v) is 8.78. The number of carbonyl (C=O) groups excluding carboxylic acids is 2. The highest BCUT2D eigenvalue weighted by atomic mass is 32.2. The van der Waals surface area contributed by atoms with Gasteiger partial charge in [0.1, 0.15) is 23.4 Å². The molecule has 0 aromatic heterocycles. The van der Waals surface area contributed by atoms with E-state index in [9.17, 15) is 24.2 Å². The van der Waals surface area contributed by atoms with E-state index in [2.05, 4.69) is 5.32 Å². The predicted molar refractivity (Wildman–Crippen MR) is 95.6 cm³/mol. The summed E-state index contributed by atoms with van der Waals surface area (Å²) in [5, 5.41) is 21.4. The fraction of sp³-hybridized carbons (Fsp3) is 0.222. The SMILES string of the molecule is COC(=O)[C@H](CSCc1ccc(F)cc1)NC(=O)c1cc(O)cc(O)c1. The van der Waals surface area contributed by atoms with Crippen molar-refractivity contribution in [2.24, 2.45) is 0 Å². The van der Waals surface area contributed by atoms with Gasteiger partial charge in [0.15, 0.2) is 0 Å². The van der Waals surface area contributed by atoms with Crippen LogP contribution in [-0.2, 0) is 15.3 Å². The molecule has 0 saturated carbocycles. The van der Waals surface area contributed by atoms with E-state index < -0.39 is 17.9 Å². The van der Waals surface area contributed by atoms with E-state index in [1.165, 1.54) is 43.1 Å². The highest BCUT2D eigenvalue weighted by molar-refractivity contribution is 7.98. The van der Waals surface area contributed by atoms with Gasteiger partial charge >= 0.3 is 5.97 Å². The molecule has 3 N–H and O–H groups in total. The molecule has 2 aromatic rings. The smallest absolute Gasteiger partial charge is 0.329 e. The summed E-state index contributed by atoms with van der Waals surface area (Å²) in [6, 6.07) is 8.51. The molecule has 2 rings (SSSR count). The normalized spacial score (nSPS) is 11.6. The van der Waals surface area contributed by atoms with Crippen molar-refractivity contribution in [1.82, 2.24) is 5.32 Å². The summed E-state index contributed by atoms with van der Waals surface area (Å²) in [5.74, 6) is -1.35. The quantitative estimate of drug-likeness (QED) is 0.640. The van der Waals surface area contributed by atoms with Crippen LogP contribution >= 0.6 is 11.8 Å². The van der Waals surface area contributed by atoms with Gasteiger partial charge in [0, 0.05) is 23.1 Å². The largest absolute Gasteiger partial charge is 0.508 e. The molecule has 0 aliphatic rings. The van der Waals surface area contributed by atoms with Crippen LogP contribution in [0.25, 0.3) is 0 Å². The van der Waals surface area contributed by atoms with Gasteiger partial charge in [-0.05, 0) is 29.8 Å². The fourth-order valence-corrected chi connectivity index (χ4v) is 3.16. The second-order valence-corrected chi connectivity index (χ2v) is 6.46. The molecule has 26 heavy (non-hydrogen) atoms. The first kappa shape index (κ1) is 19.6. The molecule has 1 atom stereocenters. The van der Waals surface area contributed by atoms with Crippen molar-refractivity contribution in [2.45, 2.75) is 11.8 Å². The number of esters is 1. The van der Waals surface area contributed by atoms with Gasteiger partial charge in [-0.25, -0.2) is 9.18 Å². The van der Waals surface area contributed by atoms with E-state index in [1.807, 2.05) is 0 Å². The van der Waals surface area contributed by atoms with Crippen LogP contribution in [-0.4, -0.2) is 41.0 Å². The van der Waals surface area contributed by atoms with Crippen molar-refractivity contribution in [3.63, 3.8) is 0 Å². The Labute approximate surface area is 154 Å². The number of thioether (sulfide) groups is 1. The maximum absolute atomic E-state index is 12.9. The molecule has 0 radical (unpaired) electrons. The van der Waals surface area contributed by atoms with Gasteiger partial charge in [0.2, 0.25) is 0 Å². The second-order valence-electron chi connectivity index (χ2n) is 5.43. The van der Waals surface area contributed by atoms with Gasteiger partial charge in [0.05, 0.1) is 7.11 Å². The monoisotopic (exact) mass is 379 g/mol. The first-order valence-electron chi connectivity index (χ1n) is 7.63. The maximum Gasteiger partial charge on any atom is 0.329 e. The van der Waals surface area contributed by atoms with Crippen molar-refractivity contribution in [3.05, 3.63) is 59.4 Å². The van der Waals surface area contributed by atoms with E-state index >= 15 is 0 Å². The van der Waals surface area contributed by atoms with Crippen LogP contribution in [0.1, 0.15) is 15.9 Å². The number of carbonyl (C=O) groups is 2. The minimum absolute atomic E-state index is 0.0138. The summed E-state index contributed by atoms with van der Waals surface area (Å²) in [7, 11) is 1.21. The second kappa shape index (κ2) is 9.10. The lowest BCUT2D eigenvalue weighted by Gasteiger charge is -2.16. The molecule has 0 heterocycles. The number of rotatable bonds is 7. The van der Waals surface area contributed by atoms with Gasteiger partial charge in [-0.1, -0.05) is 12.1 Å². The van der Waals surface area contributed by atoms with Crippen molar-refractivity contribution < 1.29 is 28.9 Å². The van der Waals surface area contributed by atoms with Gasteiger partial charge in [-0.15, -0.1) is 0 Å². The third-order valence-electron chi connectivity index (χ3n) is 3.42. The molecule has 0 bridgehead atoms. The van der Waals surface area contributed by atoms with Crippen LogP contribution in [0.3, 0.4) is 0 Å². The molecule has 2 aromatic carbocycles. The Hall–Kier alpha value is -2.74. The summed E-state index contributed by atoms with van der Waals surface area (Å²) in [6.45, 7) is 0. The van der Waals surface area contributed by atoms with Crippen molar-refractivity contribution >= 4 is 23.6 Å². The predicted octanol–water partition coefficient (Wildman–Crippen LogP) is 2.44. The molecule has 0 spiro atoms. The number of halogens is 1. The summed E-state index contributed by atoms with van der Waals surface area (Å²) in [5.41, 5.74) is 0.893. The number of hydrogen-bond acceptors (Lipinski definition) is 6. The molecule has 1 amide bonds. The third kappa shape index (κ3) is 5.66. The first-order chi connectivity index (χ1) is 12.4. The number of ether oxygens (including phenoxy) is 1. The number of nitrogens with one attached hydrogen (secondary N) is 1. The molecule has 0 aliphatic heterocycles. The van der Waals surface area contributed by atoms with Gasteiger partial charge < -0.3 is 20.3 Å². The molecule has 0 saturated heterocycles. The Morgan fingerprint density at radius 2 is 1.77 bits per heavy atom. The third-order valence-corrected chi connectivity index (χ3v) is 4.53. The molecular weight excluding hydrogens is 361 g/mol. The average molecular weight is 379 g/mol. The zero-order chi connectivity index (χ0) is 19.1. The molecule has 138 valence electrons. The zero-order valence-corrected chi connectivity index (χ0v) is 14.8. The minimum atomic E-state index is -0.914. The van der Waals surface area contributed by atoms with E-state index in [-0.39, 0.29) is 28.6 Å². The number of benzene rings is 2. The summed E-state index contributed by atoms with van der Waals surface area (Å²) in [6.07, 6.45) is 0. The van der Waals surface area contributed by atoms with Gasteiger partial charge in [-0.2, -0.15) is 11.8 Å². The summed E-state index contributed by atoms with van der Waals surface area (Å²) in [4.78, 5) is 24.2. The van der Waals surface area contributed by atoms with Crippen LogP contribution in [0.4, 0.5) is 4.39 Å². The maximum atomic E-state index is 12.9. The Balaban J connectivity index is 1.99. The van der Waals surface area contributed by atoms with Crippen molar-refractivity contribution in [1.29, 1.82) is 0 Å². The lowest BCUT2D eigenvalue weighted by atomic mass is 10.1. The topological polar surface area (TPSA) is 95.9 Å². The molecular formula is C18H18FNO5S. The Morgan fingerprint density at radius 1 is 1.15 bits per heavy atom. The van der Waals surface area contributed by atoms with Crippen LogP contribution < -0.4 is 5.32 Å². The van der Waals surface area contributed by atoms with Crippen LogP contribution in [0, 0.1) is 5.82 Å². The van der Waals surface area contributed by atoms with Crippen molar-refractivity contribution in [3.8, 4) is 11.5 Å². The van der Waals surface area contributed by atoms with E-state index in [1.54, 1.807) is 12.1 Å². The molecule has 8 heteroatoms. The Morgan fingerprint density at radius 3 is 2.35 bits per heavy atom. The fourth-order valence-electron chi connectivity index (χ4n) is 2.15. The lowest BCUT2D eigenvalue weighted by Crippen LogP contribution is -2.43. The molecule has 0 unspecified atom stereocenters. The van der Waals surface area contributed by atoms with E-state index in [0.29, 0.717) is 5.75 Å². The van der Waals surface area contributed by atoms with Crippen molar-refractivity contribution in [2.75, 3.05) is 12.9 Å². The average Bonchev–Trinajstić information content (AvgIpc) is 2.60. The standard InChI is InChI=1S/C18H18FNO5S/c1-25-18(24)16(10-26-9-11-2-4-13(19)5-3-11)20-17(23)12-6-14(21)8-15(22)7-12/h2-8,16,21-22H,9-10H2,1H3,(H,20,23)/t16-/m0/s1. The van der Waals surface area contributed by atoms with Crippen LogP contribution in [0.5, 0.6) is 11.5 Å². The number of amides is 1. The highest BCUT2D eigenvalue weighted by Crippen LogP contribution is 2.21. The summed E-state index contributed by atoms with van der Waals surface area (Å²) >= 11 is 1.37. The highest BCUT2D eigenvalue weighted by Gasteiger charge is 2.22. The molecule has 0 aliphatic carbocycles. The van der Waals surface area contributed by atoms with E-state index in [4.69, 9.17) is 4.74 Å². The molecule has 0 fully saturated rings.